The fourth-order valence-electron chi connectivity index (χ4n) is 1.74. The molecule has 0 aromatic heterocycles. The maximum absolute atomic E-state index is 12.9. The van der Waals surface area contributed by atoms with E-state index < -0.39 is 11.2 Å². The summed E-state index contributed by atoms with van der Waals surface area (Å²) in [6.45, 7) is 5.28. The molecule has 98 valence electrons. The number of hydrogen-bond donors (Lipinski definition) is 1. The van der Waals surface area contributed by atoms with Crippen molar-refractivity contribution in [3.05, 3.63) is 11.3 Å². The van der Waals surface area contributed by atoms with Gasteiger partial charge in [-0.2, -0.15) is 8.78 Å². The Morgan fingerprint density at radius 2 is 2.00 bits per heavy atom. The van der Waals surface area contributed by atoms with Gasteiger partial charge in [0.2, 0.25) is 5.78 Å². The highest BCUT2D eigenvalue weighted by molar-refractivity contribution is 6.35. The summed E-state index contributed by atoms with van der Waals surface area (Å²) in [5.41, 5.74) is 0.729. The number of carbonyl (C=O) groups excluding carboxylic acids is 1. The van der Waals surface area contributed by atoms with Gasteiger partial charge in [0.25, 0.3) is 0 Å². The second-order valence-corrected chi connectivity index (χ2v) is 5.12. The third kappa shape index (κ3) is 3.95. The van der Waals surface area contributed by atoms with Gasteiger partial charge in [-0.15, -0.1) is 0 Å². The molecule has 0 spiro atoms. The first-order chi connectivity index (χ1) is 7.77. The van der Waals surface area contributed by atoms with Gasteiger partial charge >= 0.3 is 5.38 Å². The number of allylic oxidation sites excluding steroid dienone is 2. The quantitative estimate of drug-likeness (QED) is 0.589. The number of alkyl halides is 3. The lowest BCUT2D eigenvalue weighted by Gasteiger charge is -2.19. The smallest absolute Gasteiger partial charge is 0.384 e. The van der Waals surface area contributed by atoms with Gasteiger partial charge in [0.1, 0.15) is 0 Å². The van der Waals surface area contributed by atoms with Crippen LogP contribution in [-0.4, -0.2) is 17.2 Å². The predicted octanol–water partition coefficient (Wildman–Crippen LogP) is 3.46. The monoisotopic (exact) mass is 265 g/mol. The van der Waals surface area contributed by atoms with E-state index in [0.717, 1.165) is 12.8 Å². The summed E-state index contributed by atoms with van der Waals surface area (Å²) < 4.78 is 25.9. The summed E-state index contributed by atoms with van der Waals surface area (Å²) in [5.74, 6) is -1.55. The van der Waals surface area contributed by atoms with E-state index in [4.69, 9.17) is 11.6 Å². The van der Waals surface area contributed by atoms with Crippen molar-refractivity contribution in [2.24, 2.45) is 5.92 Å². The van der Waals surface area contributed by atoms with Crippen LogP contribution in [0.15, 0.2) is 11.3 Å². The number of carbonyl (C=O) groups is 1. The minimum atomic E-state index is -3.81. The average Bonchev–Trinajstić information content (AvgIpc) is 2.98. The summed E-state index contributed by atoms with van der Waals surface area (Å²) >= 11 is 4.83. The lowest BCUT2D eigenvalue weighted by Crippen LogP contribution is -2.30. The largest absolute Gasteiger partial charge is 0.385 e. The number of rotatable bonds is 6. The molecule has 0 aliphatic heterocycles. The van der Waals surface area contributed by atoms with E-state index >= 15 is 0 Å². The molecule has 0 amide bonds. The summed E-state index contributed by atoms with van der Waals surface area (Å²) in [7, 11) is 0. The van der Waals surface area contributed by atoms with Crippen LogP contribution >= 0.6 is 11.6 Å². The molecule has 1 aliphatic carbocycles. The van der Waals surface area contributed by atoms with Crippen LogP contribution in [0.4, 0.5) is 8.78 Å². The maximum atomic E-state index is 12.9. The van der Waals surface area contributed by atoms with Gasteiger partial charge in [-0.3, -0.25) is 4.79 Å². The van der Waals surface area contributed by atoms with Crippen LogP contribution in [0.1, 0.15) is 40.0 Å². The minimum absolute atomic E-state index is 0.124. The van der Waals surface area contributed by atoms with E-state index in [1.54, 1.807) is 13.8 Å². The van der Waals surface area contributed by atoms with Crippen molar-refractivity contribution < 1.29 is 13.6 Å². The van der Waals surface area contributed by atoms with Gasteiger partial charge in [-0.25, -0.2) is 0 Å². The van der Waals surface area contributed by atoms with Gasteiger partial charge in [0, 0.05) is 17.3 Å². The first-order valence-corrected chi connectivity index (χ1v) is 6.26. The molecule has 5 heteroatoms. The molecule has 0 atom stereocenters. The molecule has 0 heterocycles. The van der Waals surface area contributed by atoms with Crippen molar-refractivity contribution >= 4 is 17.4 Å². The van der Waals surface area contributed by atoms with Crippen molar-refractivity contribution in [1.29, 1.82) is 0 Å². The highest BCUT2D eigenvalue weighted by atomic mass is 35.5. The summed E-state index contributed by atoms with van der Waals surface area (Å²) in [5, 5.41) is -0.672. The Morgan fingerprint density at radius 1 is 1.47 bits per heavy atom. The Balaban J connectivity index is 3.02. The second-order valence-electron chi connectivity index (χ2n) is 4.65. The Morgan fingerprint density at radius 3 is 2.29 bits per heavy atom. The zero-order valence-electron chi connectivity index (χ0n) is 10.3. The molecule has 0 unspecified atom stereocenters. The van der Waals surface area contributed by atoms with E-state index in [0.29, 0.717) is 18.2 Å². The van der Waals surface area contributed by atoms with Crippen LogP contribution in [0.25, 0.3) is 0 Å². The van der Waals surface area contributed by atoms with E-state index in [1.807, 2.05) is 6.92 Å². The normalized spacial score (nSPS) is 18.1. The number of ketones is 1. The molecule has 17 heavy (non-hydrogen) atoms. The third-order valence-electron chi connectivity index (χ3n) is 2.71. The lowest BCUT2D eigenvalue weighted by atomic mass is 9.95. The molecule has 1 N–H and O–H groups in total. The molecule has 0 radical (unpaired) electrons. The third-order valence-corrected chi connectivity index (χ3v) is 2.89. The highest BCUT2D eigenvalue weighted by Gasteiger charge is 2.40. The Labute approximate surface area is 105 Å². The SMILES string of the molecule is CCC(NC1CC1)=C(C(=O)C(F)(F)Cl)C(C)C. The van der Waals surface area contributed by atoms with Crippen molar-refractivity contribution in [3.8, 4) is 0 Å². The topological polar surface area (TPSA) is 29.1 Å². The standard InChI is InChI=1S/C12H18ClF2NO/c1-4-9(16-8-5-6-8)10(7(2)3)11(17)12(13,14)15/h7-8,16H,4-6H2,1-3H3. The summed E-state index contributed by atoms with van der Waals surface area (Å²) in [6, 6.07) is 0.329. The molecular formula is C12H18ClF2NO. The number of nitrogens with one attached hydrogen (secondary N) is 1. The zero-order valence-corrected chi connectivity index (χ0v) is 11.1. The first-order valence-electron chi connectivity index (χ1n) is 5.88. The van der Waals surface area contributed by atoms with Crippen LogP contribution < -0.4 is 5.32 Å². The zero-order chi connectivity index (χ0) is 13.2. The Kier molecular flexibility index (Phi) is 4.53. The molecule has 1 rings (SSSR count). The number of hydrogen-bond acceptors (Lipinski definition) is 2. The van der Waals surface area contributed by atoms with Crippen molar-refractivity contribution in [3.63, 3.8) is 0 Å². The van der Waals surface area contributed by atoms with Gasteiger partial charge in [-0.05, 0) is 36.8 Å². The van der Waals surface area contributed by atoms with Crippen LogP contribution in [0.3, 0.4) is 0 Å². The van der Waals surface area contributed by atoms with Crippen molar-refractivity contribution in [2.45, 2.75) is 51.5 Å². The molecule has 1 fully saturated rings. The Hall–Kier alpha value is -0.640. The molecule has 2 nitrogen and oxygen atoms in total. The molecule has 0 aromatic carbocycles. The lowest BCUT2D eigenvalue weighted by molar-refractivity contribution is -0.129. The minimum Gasteiger partial charge on any atom is -0.385 e. The fourth-order valence-corrected chi connectivity index (χ4v) is 1.85. The van der Waals surface area contributed by atoms with Crippen molar-refractivity contribution in [1.82, 2.24) is 5.32 Å². The second kappa shape index (κ2) is 5.34. The van der Waals surface area contributed by atoms with E-state index in [1.165, 1.54) is 0 Å². The van der Waals surface area contributed by atoms with Crippen LogP contribution in [-0.2, 0) is 4.79 Å². The molecule has 1 aliphatic rings. The molecule has 0 saturated heterocycles. The van der Waals surface area contributed by atoms with Crippen LogP contribution in [0.5, 0.6) is 0 Å². The van der Waals surface area contributed by atoms with E-state index in [-0.39, 0.29) is 11.5 Å². The van der Waals surface area contributed by atoms with E-state index in [2.05, 4.69) is 5.32 Å². The molecular weight excluding hydrogens is 248 g/mol. The van der Waals surface area contributed by atoms with Crippen molar-refractivity contribution in [2.75, 3.05) is 0 Å². The molecule has 0 aromatic rings. The maximum Gasteiger partial charge on any atom is 0.384 e. The fraction of sp³-hybridized carbons (Fsp3) is 0.750. The predicted molar refractivity (Wildman–Crippen MR) is 64.1 cm³/mol. The van der Waals surface area contributed by atoms with Crippen LogP contribution in [0, 0.1) is 5.92 Å². The first kappa shape index (κ1) is 14.4. The number of halogens is 3. The Bertz CT molecular complexity index is 330. The summed E-state index contributed by atoms with van der Waals surface area (Å²) in [4.78, 5) is 11.6. The highest BCUT2D eigenvalue weighted by Crippen LogP contribution is 2.31. The average molecular weight is 266 g/mol. The molecule has 0 bridgehead atoms. The van der Waals surface area contributed by atoms with Gasteiger partial charge in [0.05, 0.1) is 0 Å². The van der Waals surface area contributed by atoms with Crippen LogP contribution in [0.2, 0.25) is 0 Å². The number of Topliss-reactive ketones (excluding diaryl/α,β-unsaturated/α-hetero) is 1. The van der Waals surface area contributed by atoms with Gasteiger partial charge in [0.15, 0.2) is 0 Å². The van der Waals surface area contributed by atoms with Gasteiger partial charge < -0.3 is 5.32 Å². The summed E-state index contributed by atoms with van der Waals surface area (Å²) in [6.07, 6.45) is 2.59. The molecule has 1 saturated carbocycles. The van der Waals surface area contributed by atoms with E-state index in [9.17, 15) is 13.6 Å². The van der Waals surface area contributed by atoms with Gasteiger partial charge in [-0.1, -0.05) is 20.8 Å².